The first-order chi connectivity index (χ1) is 10.6. The van der Waals surface area contributed by atoms with Gasteiger partial charge in [0.1, 0.15) is 0 Å². The molecule has 0 saturated carbocycles. The van der Waals surface area contributed by atoms with Gasteiger partial charge in [-0.15, -0.1) is 11.6 Å². The molecule has 0 radical (unpaired) electrons. The van der Waals surface area contributed by atoms with Crippen molar-refractivity contribution in [3.63, 3.8) is 0 Å². The monoisotopic (exact) mass is 323 g/mol. The van der Waals surface area contributed by atoms with Gasteiger partial charge in [0, 0.05) is 31.0 Å². The highest BCUT2D eigenvalue weighted by Crippen LogP contribution is 2.31. The molecule has 1 aromatic rings. The molecule has 1 amide bonds. The molecule has 1 saturated heterocycles. The summed E-state index contributed by atoms with van der Waals surface area (Å²) in [6, 6.07) is 9.28. The maximum atomic E-state index is 12.5. The predicted molar refractivity (Wildman–Crippen MR) is 86.1 cm³/mol. The summed E-state index contributed by atoms with van der Waals surface area (Å²) in [6.45, 7) is 1.36. The number of hydrogen-bond donors (Lipinski definition) is 1. The summed E-state index contributed by atoms with van der Waals surface area (Å²) in [6.07, 6.45) is 2.54. The number of nitrogens with zero attached hydrogens (tertiary/aromatic N) is 1. The molecule has 120 valence electrons. The number of carbonyl (C=O) groups is 2. The number of halogens is 1. The van der Waals surface area contributed by atoms with E-state index in [1.54, 1.807) is 0 Å². The van der Waals surface area contributed by atoms with Gasteiger partial charge in [0.25, 0.3) is 5.91 Å². The predicted octanol–water partition coefficient (Wildman–Crippen LogP) is 3.26. The van der Waals surface area contributed by atoms with Gasteiger partial charge in [0.2, 0.25) is 0 Å². The van der Waals surface area contributed by atoms with E-state index in [2.05, 4.69) is 0 Å². The smallest absolute Gasteiger partial charge is 0.303 e. The first-order valence-electron chi connectivity index (χ1n) is 7.74. The second-order valence-corrected chi connectivity index (χ2v) is 6.21. The van der Waals surface area contributed by atoms with Gasteiger partial charge in [-0.1, -0.05) is 18.2 Å². The molecule has 5 heteroatoms. The zero-order valence-electron chi connectivity index (χ0n) is 12.6. The van der Waals surface area contributed by atoms with E-state index in [1.165, 1.54) is 0 Å². The molecular weight excluding hydrogens is 302 g/mol. The van der Waals surface area contributed by atoms with Gasteiger partial charge in [-0.2, -0.15) is 0 Å². The van der Waals surface area contributed by atoms with Crippen LogP contribution in [-0.2, 0) is 4.79 Å². The van der Waals surface area contributed by atoms with Crippen molar-refractivity contribution in [1.29, 1.82) is 0 Å². The molecule has 4 nitrogen and oxygen atoms in total. The number of likely N-dealkylation sites (tertiary alicyclic amines) is 1. The molecule has 2 atom stereocenters. The Morgan fingerprint density at radius 2 is 1.91 bits per heavy atom. The molecule has 1 aromatic carbocycles. The van der Waals surface area contributed by atoms with Crippen molar-refractivity contribution in [2.45, 2.75) is 25.7 Å². The van der Waals surface area contributed by atoms with Crippen LogP contribution in [0.2, 0.25) is 0 Å². The Labute approximate surface area is 136 Å². The van der Waals surface area contributed by atoms with Crippen LogP contribution in [0.15, 0.2) is 30.3 Å². The third-order valence-corrected chi connectivity index (χ3v) is 4.63. The van der Waals surface area contributed by atoms with Crippen molar-refractivity contribution in [2.24, 2.45) is 11.8 Å². The van der Waals surface area contributed by atoms with Crippen LogP contribution in [0, 0.1) is 11.8 Å². The van der Waals surface area contributed by atoms with E-state index >= 15 is 0 Å². The first-order valence-corrected chi connectivity index (χ1v) is 8.27. The number of benzene rings is 1. The number of aliphatic carboxylic acids is 1. The lowest BCUT2D eigenvalue weighted by atomic mass is 9.80. The minimum atomic E-state index is -0.757. The van der Waals surface area contributed by atoms with Crippen LogP contribution < -0.4 is 0 Å². The third kappa shape index (κ3) is 4.47. The highest BCUT2D eigenvalue weighted by atomic mass is 35.5. The number of carboxylic acids is 1. The average Bonchev–Trinajstić information content (AvgIpc) is 2.54. The van der Waals surface area contributed by atoms with Crippen molar-refractivity contribution in [3.05, 3.63) is 35.9 Å². The number of rotatable bonds is 6. The van der Waals surface area contributed by atoms with Crippen LogP contribution in [0.3, 0.4) is 0 Å². The zero-order valence-corrected chi connectivity index (χ0v) is 13.3. The fraction of sp³-hybridized carbons (Fsp3) is 0.529. The van der Waals surface area contributed by atoms with E-state index in [4.69, 9.17) is 16.7 Å². The van der Waals surface area contributed by atoms with Crippen molar-refractivity contribution >= 4 is 23.5 Å². The molecule has 1 aliphatic heterocycles. The van der Waals surface area contributed by atoms with E-state index in [0.717, 1.165) is 12.8 Å². The van der Waals surface area contributed by atoms with Crippen LogP contribution in [0.25, 0.3) is 0 Å². The molecule has 1 N–H and O–H groups in total. The first kappa shape index (κ1) is 16.8. The minimum Gasteiger partial charge on any atom is -0.481 e. The molecule has 22 heavy (non-hydrogen) atoms. The van der Waals surface area contributed by atoms with Crippen LogP contribution in [0.4, 0.5) is 0 Å². The Balaban J connectivity index is 2.00. The zero-order chi connectivity index (χ0) is 15.9. The van der Waals surface area contributed by atoms with Gasteiger partial charge < -0.3 is 10.0 Å². The summed E-state index contributed by atoms with van der Waals surface area (Å²) in [4.78, 5) is 25.2. The lowest BCUT2D eigenvalue weighted by molar-refractivity contribution is -0.137. The lowest BCUT2D eigenvalue weighted by Crippen LogP contribution is -2.44. The Morgan fingerprint density at radius 3 is 2.55 bits per heavy atom. The largest absolute Gasteiger partial charge is 0.481 e. The molecule has 1 fully saturated rings. The molecular formula is C17H22ClNO3. The van der Waals surface area contributed by atoms with Crippen molar-refractivity contribution in [2.75, 3.05) is 19.0 Å². The van der Waals surface area contributed by atoms with Gasteiger partial charge in [-0.05, 0) is 43.2 Å². The standard InChI is InChI=1S/C17H22ClNO3/c18-10-8-15-12-19(11-9-13(15)6-7-16(20)21)17(22)14-4-2-1-3-5-14/h1-5,13,15H,6-12H2,(H,20,21)/t13-,15+/m1/s1. The van der Waals surface area contributed by atoms with Crippen molar-refractivity contribution in [3.8, 4) is 0 Å². The van der Waals surface area contributed by atoms with Crippen LogP contribution in [-0.4, -0.2) is 40.9 Å². The van der Waals surface area contributed by atoms with Crippen LogP contribution in [0.1, 0.15) is 36.0 Å². The quantitative estimate of drug-likeness (QED) is 0.817. The molecule has 0 bridgehead atoms. The number of piperidine rings is 1. The van der Waals surface area contributed by atoms with E-state index in [0.29, 0.717) is 42.8 Å². The second kappa shape index (κ2) is 8.18. The average molecular weight is 324 g/mol. The van der Waals surface area contributed by atoms with Gasteiger partial charge in [0.15, 0.2) is 0 Å². The topological polar surface area (TPSA) is 57.6 Å². The fourth-order valence-corrected chi connectivity index (χ4v) is 3.46. The molecule has 1 aliphatic rings. The Hall–Kier alpha value is -1.55. The number of hydrogen-bond acceptors (Lipinski definition) is 2. The van der Waals surface area contributed by atoms with Crippen molar-refractivity contribution in [1.82, 2.24) is 4.90 Å². The Kier molecular flexibility index (Phi) is 6.25. The summed E-state index contributed by atoms with van der Waals surface area (Å²) < 4.78 is 0. The molecule has 0 unspecified atom stereocenters. The highest BCUT2D eigenvalue weighted by molar-refractivity contribution is 6.17. The number of carboxylic acid groups (broad SMARTS) is 1. The highest BCUT2D eigenvalue weighted by Gasteiger charge is 2.31. The SMILES string of the molecule is O=C(O)CC[C@@H]1CCN(C(=O)c2ccccc2)C[C@@H]1CCCl. The molecule has 0 spiro atoms. The molecule has 1 heterocycles. The third-order valence-electron chi connectivity index (χ3n) is 4.41. The molecule has 0 aromatic heterocycles. The Morgan fingerprint density at radius 1 is 1.18 bits per heavy atom. The summed E-state index contributed by atoms with van der Waals surface area (Å²) in [5.74, 6) is 0.471. The summed E-state index contributed by atoms with van der Waals surface area (Å²) >= 11 is 5.89. The van der Waals surface area contributed by atoms with E-state index in [1.807, 2.05) is 35.2 Å². The minimum absolute atomic E-state index is 0.0526. The maximum Gasteiger partial charge on any atom is 0.303 e. The molecule has 2 rings (SSSR count). The van der Waals surface area contributed by atoms with Gasteiger partial charge in [-0.25, -0.2) is 0 Å². The van der Waals surface area contributed by atoms with Gasteiger partial charge in [0.05, 0.1) is 0 Å². The summed E-state index contributed by atoms with van der Waals surface area (Å²) in [7, 11) is 0. The van der Waals surface area contributed by atoms with E-state index in [-0.39, 0.29) is 12.3 Å². The van der Waals surface area contributed by atoms with Crippen molar-refractivity contribution < 1.29 is 14.7 Å². The van der Waals surface area contributed by atoms with E-state index < -0.39 is 5.97 Å². The van der Waals surface area contributed by atoms with Crippen LogP contribution >= 0.6 is 11.6 Å². The van der Waals surface area contributed by atoms with Gasteiger partial charge >= 0.3 is 5.97 Å². The number of carbonyl (C=O) groups excluding carboxylic acids is 1. The maximum absolute atomic E-state index is 12.5. The Bertz CT molecular complexity index is 506. The number of alkyl halides is 1. The lowest BCUT2D eigenvalue weighted by Gasteiger charge is -2.38. The summed E-state index contributed by atoms with van der Waals surface area (Å²) in [5, 5.41) is 8.86. The van der Waals surface area contributed by atoms with E-state index in [9.17, 15) is 9.59 Å². The number of amides is 1. The second-order valence-electron chi connectivity index (χ2n) is 5.84. The van der Waals surface area contributed by atoms with Crippen LogP contribution in [0.5, 0.6) is 0 Å². The molecule has 0 aliphatic carbocycles. The normalized spacial score (nSPS) is 21.6. The van der Waals surface area contributed by atoms with Gasteiger partial charge in [-0.3, -0.25) is 9.59 Å². The fourth-order valence-electron chi connectivity index (χ4n) is 3.18. The summed E-state index contributed by atoms with van der Waals surface area (Å²) in [5.41, 5.74) is 0.705.